The highest BCUT2D eigenvalue weighted by atomic mass is 32.2. The van der Waals surface area contributed by atoms with Gasteiger partial charge in [-0.15, -0.1) is 0 Å². The lowest BCUT2D eigenvalue weighted by molar-refractivity contribution is -0.141. The molecule has 2 amide bonds. The van der Waals surface area contributed by atoms with Crippen LogP contribution in [0.3, 0.4) is 0 Å². The fourth-order valence-corrected chi connectivity index (χ4v) is 5.82. The largest absolute Gasteiger partial charge is 0.497 e. The Morgan fingerprint density at radius 3 is 2.29 bits per heavy atom. The van der Waals surface area contributed by atoms with Crippen LogP contribution in [0.15, 0.2) is 72.8 Å². The Balaban J connectivity index is 1.90. The molecule has 8 nitrogen and oxygen atoms in total. The van der Waals surface area contributed by atoms with Crippen LogP contribution in [0.2, 0.25) is 0 Å². The zero-order valence-corrected chi connectivity index (χ0v) is 25.4. The number of nitrogens with zero attached hydrogens (tertiary/aromatic N) is 2. The molecule has 3 aromatic rings. The van der Waals surface area contributed by atoms with E-state index >= 15 is 0 Å². The first-order chi connectivity index (χ1) is 19.5. The molecule has 3 aromatic carbocycles. The number of carbonyl (C=O) groups is 2. The highest BCUT2D eigenvalue weighted by Gasteiger charge is 2.30. The van der Waals surface area contributed by atoms with Crippen molar-refractivity contribution in [2.24, 2.45) is 0 Å². The molecule has 0 aliphatic heterocycles. The Bertz CT molecular complexity index is 1430. The minimum atomic E-state index is -3.58. The fourth-order valence-electron chi connectivity index (χ4n) is 4.80. The Labute approximate surface area is 244 Å². The topological polar surface area (TPSA) is 96.0 Å². The summed E-state index contributed by atoms with van der Waals surface area (Å²) in [4.78, 5) is 28.8. The monoisotopic (exact) mass is 579 g/mol. The molecule has 0 saturated heterocycles. The molecule has 1 atom stereocenters. The summed E-state index contributed by atoms with van der Waals surface area (Å²) in [5, 5.41) is 2.89. The quantitative estimate of drug-likeness (QED) is 0.300. The van der Waals surface area contributed by atoms with E-state index in [9.17, 15) is 18.0 Å². The smallest absolute Gasteiger partial charge is 0.243 e. The summed E-state index contributed by atoms with van der Waals surface area (Å²) >= 11 is 0. The van der Waals surface area contributed by atoms with Gasteiger partial charge in [0.2, 0.25) is 21.8 Å². The van der Waals surface area contributed by atoms with Gasteiger partial charge in [-0.1, -0.05) is 54.6 Å². The number of sulfonamides is 1. The van der Waals surface area contributed by atoms with Gasteiger partial charge in [-0.2, -0.15) is 0 Å². The maximum atomic E-state index is 13.9. The molecule has 0 aromatic heterocycles. The molecule has 220 valence electrons. The van der Waals surface area contributed by atoms with Crippen molar-refractivity contribution in [3.05, 3.63) is 95.1 Å². The lowest BCUT2D eigenvalue weighted by Gasteiger charge is -2.32. The van der Waals surface area contributed by atoms with Gasteiger partial charge in [0.05, 0.1) is 19.1 Å². The molecule has 0 saturated carbocycles. The zero-order valence-electron chi connectivity index (χ0n) is 24.6. The predicted molar refractivity (Wildman–Crippen MR) is 164 cm³/mol. The van der Waals surface area contributed by atoms with Crippen LogP contribution in [-0.2, 0) is 32.6 Å². The molecular weight excluding hydrogens is 538 g/mol. The van der Waals surface area contributed by atoms with Crippen molar-refractivity contribution < 1.29 is 22.7 Å². The van der Waals surface area contributed by atoms with Crippen LogP contribution in [0.25, 0.3) is 0 Å². The first kappa shape index (κ1) is 31.7. The number of likely N-dealkylation sites (N-methyl/N-ethyl adjacent to an activating group) is 1. The van der Waals surface area contributed by atoms with Crippen LogP contribution in [0.1, 0.15) is 42.0 Å². The number of hydrogen-bond acceptors (Lipinski definition) is 5. The second kappa shape index (κ2) is 14.7. The Kier molecular flexibility index (Phi) is 11.3. The van der Waals surface area contributed by atoms with Gasteiger partial charge in [0.15, 0.2) is 0 Å². The summed E-state index contributed by atoms with van der Waals surface area (Å²) in [6.07, 6.45) is 1.89. The maximum absolute atomic E-state index is 13.9. The normalized spacial score (nSPS) is 11.9. The van der Waals surface area contributed by atoms with Crippen molar-refractivity contribution >= 4 is 27.5 Å². The summed E-state index contributed by atoms with van der Waals surface area (Å²) in [6, 6.07) is 21.8. The van der Waals surface area contributed by atoms with Crippen molar-refractivity contribution in [2.75, 3.05) is 30.8 Å². The molecule has 0 spiro atoms. The summed E-state index contributed by atoms with van der Waals surface area (Å²) in [5.41, 5.74) is 4.24. The van der Waals surface area contributed by atoms with E-state index in [1.54, 1.807) is 18.1 Å². The molecule has 0 radical (unpaired) electrons. The van der Waals surface area contributed by atoms with Gasteiger partial charge >= 0.3 is 0 Å². The Morgan fingerprint density at radius 2 is 1.63 bits per heavy atom. The third-order valence-corrected chi connectivity index (χ3v) is 8.29. The lowest BCUT2D eigenvalue weighted by Crippen LogP contribution is -2.50. The van der Waals surface area contributed by atoms with Crippen molar-refractivity contribution in [1.29, 1.82) is 0 Å². The molecule has 0 aliphatic rings. The van der Waals surface area contributed by atoms with E-state index in [0.29, 0.717) is 30.8 Å². The number of rotatable bonds is 14. The highest BCUT2D eigenvalue weighted by molar-refractivity contribution is 7.92. The standard InChI is InChI=1S/C32H41N3O5S/c1-6-33-32(37)30(22-26-14-8-7-9-15-26)34(23-27-16-11-17-28(21-27)40-4)31(36)19-12-20-35(41(5,38)39)29-18-10-13-24(2)25(29)3/h7-11,13-18,21,30H,6,12,19-20,22-23H2,1-5H3,(H,33,37)/t30-/m0/s1. The lowest BCUT2D eigenvalue weighted by atomic mass is 10.0. The number of benzene rings is 3. The second-order valence-corrected chi connectivity index (χ2v) is 12.0. The summed E-state index contributed by atoms with van der Waals surface area (Å²) in [5.74, 6) is 0.194. The molecule has 0 heterocycles. The number of carbonyl (C=O) groups excluding carboxylic acids is 2. The number of hydrogen-bond donors (Lipinski definition) is 1. The fraction of sp³-hybridized carbons (Fsp3) is 0.375. The second-order valence-electron chi connectivity index (χ2n) is 10.1. The Morgan fingerprint density at radius 1 is 0.951 bits per heavy atom. The van der Waals surface area contributed by atoms with Crippen molar-refractivity contribution in [3.8, 4) is 5.75 Å². The van der Waals surface area contributed by atoms with Crippen molar-refractivity contribution in [2.45, 2.75) is 52.6 Å². The first-order valence-electron chi connectivity index (χ1n) is 13.8. The number of aryl methyl sites for hydroxylation is 1. The van der Waals surface area contributed by atoms with E-state index in [2.05, 4.69) is 5.32 Å². The van der Waals surface area contributed by atoms with Gasteiger partial charge in [0, 0.05) is 32.5 Å². The van der Waals surface area contributed by atoms with Crippen LogP contribution in [0.4, 0.5) is 5.69 Å². The molecule has 9 heteroatoms. The number of ether oxygens (including phenoxy) is 1. The van der Waals surface area contributed by atoms with Crippen molar-refractivity contribution in [3.63, 3.8) is 0 Å². The molecule has 0 bridgehead atoms. The number of anilines is 1. The van der Waals surface area contributed by atoms with Crippen LogP contribution < -0.4 is 14.4 Å². The summed E-state index contributed by atoms with van der Waals surface area (Å²) in [6.45, 7) is 6.46. The van der Waals surface area contributed by atoms with E-state index in [1.807, 2.05) is 87.5 Å². The molecule has 0 fully saturated rings. The molecular formula is C32H41N3O5S. The van der Waals surface area contributed by atoms with E-state index in [-0.39, 0.29) is 31.3 Å². The van der Waals surface area contributed by atoms with E-state index in [1.165, 1.54) is 10.6 Å². The average molecular weight is 580 g/mol. The molecule has 0 aliphatic carbocycles. The highest BCUT2D eigenvalue weighted by Crippen LogP contribution is 2.26. The van der Waals surface area contributed by atoms with Gasteiger partial charge in [-0.05, 0) is 67.6 Å². The van der Waals surface area contributed by atoms with Crippen LogP contribution in [0, 0.1) is 13.8 Å². The van der Waals surface area contributed by atoms with Gasteiger partial charge in [0.25, 0.3) is 0 Å². The zero-order chi connectivity index (χ0) is 30.0. The maximum Gasteiger partial charge on any atom is 0.243 e. The number of methoxy groups -OCH3 is 1. The van der Waals surface area contributed by atoms with E-state index in [4.69, 9.17) is 4.74 Å². The molecule has 1 N–H and O–H groups in total. The van der Waals surface area contributed by atoms with Crippen LogP contribution >= 0.6 is 0 Å². The first-order valence-corrected chi connectivity index (χ1v) is 15.7. The number of nitrogens with one attached hydrogen (secondary N) is 1. The minimum absolute atomic E-state index is 0.0749. The van der Waals surface area contributed by atoms with Crippen molar-refractivity contribution in [1.82, 2.24) is 10.2 Å². The van der Waals surface area contributed by atoms with E-state index < -0.39 is 16.1 Å². The van der Waals surface area contributed by atoms with Crippen LogP contribution in [0.5, 0.6) is 5.75 Å². The summed E-state index contributed by atoms with van der Waals surface area (Å²) < 4.78 is 32.2. The Hall–Kier alpha value is -3.85. The summed E-state index contributed by atoms with van der Waals surface area (Å²) in [7, 11) is -2.00. The predicted octanol–water partition coefficient (Wildman–Crippen LogP) is 4.63. The number of amides is 2. The van der Waals surface area contributed by atoms with E-state index in [0.717, 1.165) is 22.3 Å². The third kappa shape index (κ3) is 8.82. The molecule has 0 unspecified atom stereocenters. The minimum Gasteiger partial charge on any atom is -0.497 e. The van der Waals surface area contributed by atoms with Gasteiger partial charge < -0.3 is 15.0 Å². The van der Waals surface area contributed by atoms with Crippen LogP contribution in [-0.4, -0.2) is 57.6 Å². The third-order valence-electron chi connectivity index (χ3n) is 7.11. The van der Waals surface area contributed by atoms with Gasteiger partial charge in [-0.25, -0.2) is 8.42 Å². The molecule has 41 heavy (non-hydrogen) atoms. The molecule has 3 rings (SSSR count). The van der Waals surface area contributed by atoms with Gasteiger partial charge in [-0.3, -0.25) is 13.9 Å². The van der Waals surface area contributed by atoms with Gasteiger partial charge in [0.1, 0.15) is 11.8 Å². The average Bonchev–Trinajstić information content (AvgIpc) is 2.95. The SMILES string of the molecule is CCNC(=O)[C@H](Cc1ccccc1)N(Cc1cccc(OC)c1)C(=O)CCCN(c1cccc(C)c1C)S(C)(=O)=O.